The van der Waals surface area contributed by atoms with Gasteiger partial charge in [-0.15, -0.1) is 0 Å². The third-order valence-electron chi connectivity index (χ3n) is 6.84. The van der Waals surface area contributed by atoms with E-state index in [0.29, 0.717) is 18.4 Å². The lowest BCUT2D eigenvalue weighted by molar-refractivity contribution is -0.199. The van der Waals surface area contributed by atoms with Gasteiger partial charge in [-0.05, 0) is 25.8 Å². The van der Waals surface area contributed by atoms with Crippen LogP contribution < -0.4 is 0 Å². The highest BCUT2D eigenvalue weighted by atomic mass is 16.7. The summed E-state index contributed by atoms with van der Waals surface area (Å²) in [5.74, 6) is -4.17. The first-order valence-corrected chi connectivity index (χ1v) is 10.9. The first-order valence-electron chi connectivity index (χ1n) is 10.9. The van der Waals surface area contributed by atoms with Crippen LogP contribution in [0.3, 0.4) is 0 Å². The number of esters is 2. The molecule has 0 saturated carbocycles. The van der Waals surface area contributed by atoms with Crippen LogP contribution in [0, 0.1) is 11.8 Å². The first kappa shape index (κ1) is 21.0. The predicted octanol–water partition coefficient (Wildman–Crippen LogP) is 2.96. The average molecular weight is 416 g/mol. The van der Waals surface area contributed by atoms with Crippen molar-refractivity contribution in [3.8, 4) is 0 Å². The Labute approximate surface area is 175 Å². The number of Topliss-reactive ketones (excluding diaryl/α,β-unsaturated/α-hetero) is 2. The quantitative estimate of drug-likeness (QED) is 0.358. The number of hydrogen-bond donors (Lipinski definition) is 0. The summed E-state index contributed by atoms with van der Waals surface area (Å²) in [5.41, 5.74) is -0.0857. The van der Waals surface area contributed by atoms with E-state index in [0.717, 1.165) is 37.7 Å². The van der Waals surface area contributed by atoms with E-state index in [2.05, 4.69) is 6.92 Å². The van der Waals surface area contributed by atoms with Crippen molar-refractivity contribution in [3.63, 3.8) is 0 Å². The van der Waals surface area contributed by atoms with E-state index in [4.69, 9.17) is 14.2 Å². The van der Waals surface area contributed by atoms with Gasteiger partial charge in [-0.2, -0.15) is 0 Å². The summed E-state index contributed by atoms with van der Waals surface area (Å²) in [7, 11) is 0. The summed E-state index contributed by atoms with van der Waals surface area (Å²) in [5, 5.41) is 0. The zero-order valence-electron chi connectivity index (χ0n) is 17.5. The van der Waals surface area contributed by atoms with Gasteiger partial charge in [0, 0.05) is 30.4 Å². The fourth-order valence-corrected chi connectivity index (χ4v) is 5.12. The molecule has 4 aliphatic rings. The number of ether oxygens (including phenoxy) is 3. The molecule has 4 atom stereocenters. The lowest BCUT2D eigenvalue weighted by atomic mass is 9.66. The SMILES string of the molecule is CCCCCCCC(=O)[C@H]1C(=O)O[C@@]2(C)C(=O)C3=C(C[C@H]12)C[C@@]1(C=CC(=O)O1)OC3. The van der Waals surface area contributed by atoms with Gasteiger partial charge in [-0.25, -0.2) is 4.79 Å². The van der Waals surface area contributed by atoms with E-state index in [1.807, 2.05) is 0 Å². The van der Waals surface area contributed by atoms with E-state index < -0.39 is 35.2 Å². The van der Waals surface area contributed by atoms with Crippen LogP contribution in [0.25, 0.3) is 0 Å². The second-order valence-corrected chi connectivity index (χ2v) is 8.89. The summed E-state index contributed by atoms with van der Waals surface area (Å²) in [6.45, 7) is 3.73. The third kappa shape index (κ3) is 3.43. The van der Waals surface area contributed by atoms with E-state index in [1.165, 1.54) is 6.08 Å². The zero-order valence-corrected chi connectivity index (χ0v) is 17.5. The monoisotopic (exact) mass is 416 g/mol. The summed E-state index contributed by atoms with van der Waals surface area (Å²) in [6, 6.07) is 0. The minimum absolute atomic E-state index is 0.0122. The number of rotatable bonds is 7. The third-order valence-corrected chi connectivity index (χ3v) is 6.84. The molecule has 0 aromatic rings. The van der Waals surface area contributed by atoms with Gasteiger partial charge in [0.25, 0.3) is 0 Å². The second kappa shape index (κ2) is 7.76. The van der Waals surface area contributed by atoms with Crippen LogP contribution in [0.1, 0.15) is 65.2 Å². The Morgan fingerprint density at radius 3 is 2.60 bits per heavy atom. The molecule has 0 aromatic heterocycles. The van der Waals surface area contributed by atoms with E-state index >= 15 is 0 Å². The zero-order chi connectivity index (χ0) is 21.5. The molecule has 3 aliphatic heterocycles. The molecule has 1 fully saturated rings. The Morgan fingerprint density at radius 2 is 1.90 bits per heavy atom. The van der Waals surface area contributed by atoms with E-state index in [1.54, 1.807) is 13.0 Å². The molecule has 7 nitrogen and oxygen atoms in total. The second-order valence-electron chi connectivity index (χ2n) is 8.89. The number of ketones is 2. The normalized spacial score (nSPS) is 34.8. The van der Waals surface area contributed by atoms with Crippen LogP contribution >= 0.6 is 0 Å². The van der Waals surface area contributed by atoms with Crippen LogP contribution in [-0.2, 0) is 33.4 Å². The minimum Gasteiger partial charge on any atom is -0.450 e. The highest BCUT2D eigenvalue weighted by molar-refractivity contribution is 6.10. The van der Waals surface area contributed by atoms with Gasteiger partial charge in [-0.3, -0.25) is 14.4 Å². The van der Waals surface area contributed by atoms with Crippen molar-refractivity contribution in [1.82, 2.24) is 0 Å². The van der Waals surface area contributed by atoms with Gasteiger partial charge in [0.05, 0.1) is 6.61 Å². The summed E-state index contributed by atoms with van der Waals surface area (Å²) >= 11 is 0. The molecule has 1 spiro atoms. The summed E-state index contributed by atoms with van der Waals surface area (Å²) < 4.78 is 16.5. The van der Waals surface area contributed by atoms with E-state index in [9.17, 15) is 19.2 Å². The largest absolute Gasteiger partial charge is 0.450 e. The smallest absolute Gasteiger partial charge is 0.333 e. The van der Waals surface area contributed by atoms with Crippen LogP contribution in [0.2, 0.25) is 0 Å². The molecule has 3 heterocycles. The Bertz CT molecular complexity index is 854. The highest BCUT2D eigenvalue weighted by Crippen LogP contribution is 2.51. The maximum absolute atomic E-state index is 13.2. The average Bonchev–Trinajstić information content (AvgIpc) is 3.18. The lowest BCUT2D eigenvalue weighted by Crippen LogP contribution is -2.51. The number of carbonyl (C=O) groups excluding carboxylic acids is 4. The number of unbranched alkanes of at least 4 members (excludes halogenated alkanes) is 4. The van der Waals surface area contributed by atoms with Crippen LogP contribution in [0.5, 0.6) is 0 Å². The number of hydrogen-bond acceptors (Lipinski definition) is 7. The van der Waals surface area contributed by atoms with Crippen LogP contribution in [-0.4, -0.2) is 41.5 Å². The summed E-state index contributed by atoms with van der Waals surface area (Å²) in [6.07, 6.45) is 8.83. The Hall–Kier alpha value is -2.28. The van der Waals surface area contributed by atoms with E-state index in [-0.39, 0.29) is 24.6 Å². The van der Waals surface area contributed by atoms with Crippen LogP contribution in [0.15, 0.2) is 23.3 Å². The molecular weight excluding hydrogens is 388 g/mol. The molecule has 0 radical (unpaired) electrons. The highest BCUT2D eigenvalue weighted by Gasteiger charge is 2.63. The van der Waals surface area contributed by atoms with Crippen molar-refractivity contribution in [1.29, 1.82) is 0 Å². The predicted molar refractivity (Wildman–Crippen MR) is 105 cm³/mol. The van der Waals surface area contributed by atoms with Crippen molar-refractivity contribution in [2.75, 3.05) is 6.61 Å². The van der Waals surface area contributed by atoms with Crippen LogP contribution in [0.4, 0.5) is 0 Å². The lowest BCUT2D eigenvalue weighted by Gasteiger charge is -2.41. The minimum atomic E-state index is -1.34. The first-order chi connectivity index (χ1) is 14.3. The molecule has 0 N–H and O–H groups in total. The molecule has 162 valence electrons. The molecule has 7 heteroatoms. The summed E-state index contributed by atoms with van der Waals surface area (Å²) in [4.78, 5) is 50.3. The Kier molecular flexibility index (Phi) is 5.43. The van der Waals surface area contributed by atoms with Gasteiger partial charge >= 0.3 is 11.9 Å². The molecule has 30 heavy (non-hydrogen) atoms. The van der Waals surface area contributed by atoms with Gasteiger partial charge in [0.1, 0.15) is 11.7 Å². The van der Waals surface area contributed by atoms with Gasteiger partial charge in [-0.1, -0.05) is 38.2 Å². The van der Waals surface area contributed by atoms with Crippen molar-refractivity contribution >= 4 is 23.5 Å². The van der Waals surface area contributed by atoms with Crippen molar-refractivity contribution in [2.45, 2.75) is 76.6 Å². The molecule has 0 unspecified atom stereocenters. The molecular formula is C23H28O7. The molecule has 0 bridgehead atoms. The maximum Gasteiger partial charge on any atom is 0.333 e. The number of carbonyl (C=O) groups is 4. The van der Waals surface area contributed by atoms with Gasteiger partial charge in [0.15, 0.2) is 5.60 Å². The fourth-order valence-electron chi connectivity index (χ4n) is 5.12. The Morgan fingerprint density at radius 1 is 1.13 bits per heavy atom. The van der Waals surface area contributed by atoms with Gasteiger partial charge < -0.3 is 14.2 Å². The molecule has 1 aliphatic carbocycles. The molecule has 0 amide bonds. The maximum atomic E-state index is 13.2. The molecule has 1 saturated heterocycles. The van der Waals surface area contributed by atoms with Crippen molar-refractivity contribution in [2.24, 2.45) is 11.8 Å². The molecule has 4 rings (SSSR count). The van der Waals surface area contributed by atoms with Gasteiger partial charge in [0.2, 0.25) is 11.6 Å². The molecule has 0 aromatic carbocycles. The standard InChI is InChI=1S/C23H28O7/c1-3-4-5-6-7-8-17(24)19-16-11-14-12-23(10-9-18(25)29-23)28-13-15(14)20(26)22(16,2)30-21(19)27/h9-10,16,19H,3-8,11-13H2,1-2H3/t16-,19+,22-,23+/m1/s1. The van der Waals surface area contributed by atoms with Crippen molar-refractivity contribution < 1.29 is 33.4 Å². The fraction of sp³-hybridized carbons (Fsp3) is 0.652. The topological polar surface area (TPSA) is 96.0 Å². The Balaban J connectivity index is 1.51. The van der Waals surface area contributed by atoms with Crippen molar-refractivity contribution in [3.05, 3.63) is 23.3 Å². The number of fused-ring (bicyclic) bond motifs is 1.